The maximum Gasteiger partial charge on any atom is 0.244 e. The normalized spacial score (nSPS) is 29.5. The zero-order valence-corrected chi connectivity index (χ0v) is 20.5. The second-order valence-corrected chi connectivity index (χ2v) is 11.6. The zero-order chi connectivity index (χ0) is 24.6. The predicted octanol–water partition coefficient (Wildman–Crippen LogP) is 2.64. The van der Waals surface area contributed by atoms with Crippen molar-refractivity contribution < 1.29 is 23.2 Å². The summed E-state index contributed by atoms with van der Waals surface area (Å²) < 4.78 is 28.5. The summed E-state index contributed by atoms with van der Waals surface area (Å²) in [7, 11) is -2.55. The first-order valence-electron chi connectivity index (χ1n) is 12.1. The number of nitrogens with one attached hydrogen (secondary N) is 1. The monoisotopic (exact) mass is 497 g/mol. The van der Waals surface area contributed by atoms with Crippen molar-refractivity contribution in [3.05, 3.63) is 54.6 Å². The minimum Gasteiger partial charge on any atom is -0.399 e. The van der Waals surface area contributed by atoms with Crippen molar-refractivity contribution in [2.45, 2.75) is 42.7 Å². The Morgan fingerprint density at radius 3 is 2.46 bits per heavy atom. The smallest absolute Gasteiger partial charge is 0.244 e. The molecule has 2 aromatic carbocycles. The van der Waals surface area contributed by atoms with E-state index in [0.717, 1.165) is 30.4 Å². The van der Waals surface area contributed by atoms with Crippen LogP contribution in [0.1, 0.15) is 25.7 Å². The Morgan fingerprint density at radius 2 is 1.77 bits per heavy atom. The number of sulfonamides is 1. The van der Waals surface area contributed by atoms with Crippen molar-refractivity contribution in [2.75, 3.05) is 20.3 Å². The van der Waals surface area contributed by atoms with Gasteiger partial charge in [0.25, 0.3) is 0 Å². The van der Waals surface area contributed by atoms with E-state index in [1.807, 2.05) is 30.3 Å². The highest BCUT2D eigenvalue weighted by Gasteiger charge is 2.50. The molecule has 2 saturated carbocycles. The number of carbonyl (C=O) groups is 1. The number of rotatable bonds is 7. The molecule has 1 amide bonds. The summed E-state index contributed by atoms with van der Waals surface area (Å²) >= 11 is 0. The van der Waals surface area contributed by atoms with Gasteiger partial charge in [0.15, 0.2) is 0 Å². The molecule has 2 aromatic rings. The highest BCUT2D eigenvalue weighted by atomic mass is 32.2. The van der Waals surface area contributed by atoms with Gasteiger partial charge in [0.1, 0.15) is 13.2 Å². The molecule has 8 nitrogen and oxygen atoms in total. The zero-order valence-electron chi connectivity index (χ0n) is 19.7. The van der Waals surface area contributed by atoms with E-state index in [1.54, 1.807) is 24.3 Å². The number of carbonyl (C=O) groups excluding carboxylic acids is 1. The summed E-state index contributed by atoms with van der Waals surface area (Å²) in [6.45, 7) is 0.0256. The average molecular weight is 498 g/mol. The number of aliphatic hydroxyl groups excluding tert-OH is 1. The molecule has 0 spiro atoms. The van der Waals surface area contributed by atoms with Crippen LogP contribution in [0.5, 0.6) is 0 Å². The second kappa shape index (κ2) is 9.72. The van der Waals surface area contributed by atoms with E-state index in [0.29, 0.717) is 17.5 Å². The molecular formula is C26H31N3O5S. The molecule has 3 aliphatic rings. The van der Waals surface area contributed by atoms with Crippen LogP contribution in [0.3, 0.4) is 0 Å². The van der Waals surface area contributed by atoms with E-state index < -0.39 is 16.1 Å². The Hall–Kier alpha value is -2.75. The molecule has 0 aromatic heterocycles. The average Bonchev–Trinajstić information content (AvgIpc) is 3.60. The van der Waals surface area contributed by atoms with Crippen molar-refractivity contribution in [3.63, 3.8) is 0 Å². The van der Waals surface area contributed by atoms with Crippen LogP contribution in [0.4, 0.5) is 0 Å². The summed E-state index contributed by atoms with van der Waals surface area (Å²) in [6, 6.07) is 15.4. The van der Waals surface area contributed by atoms with Crippen LogP contribution in [0.25, 0.3) is 11.1 Å². The fraction of sp³-hybridized carbons (Fsp3) is 0.462. The highest BCUT2D eigenvalue weighted by Crippen LogP contribution is 2.48. The Labute approximate surface area is 206 Å². The molecule has 5 rings (SSSR count). The van der Waals surface area contributed by atoms with Crippen molar-refractivity contribution in [1.82, 2.24) is 9.62 Å². The van der Waals surface area contributed by atoms with Crippen molar-refractivity contribution in [3.8, 4) is 11.1 Å². The molecule has 1 aliphatic heterocycles. The van der Waals surface area contributed by atoms with Gasteiger partial charge in [-0.15, -0.1) is 0 Å². The molecule has 2 N–H and O–H groups in total. The van der Waals surface area contributed by atoms with Gasteiger partial charge < -0.3 is 15.3 Å². The summed E-state index contributed by atoms with van der Waals surface area (Å²) in [5, 5.41) is 16.9. The minimum absolute atomic E-state index is 0.00511. The third-order valence-corrected chi connectivity index (χ3v) is 9.68. The van der Waals surface area contributed by atoms with Crippen molar-refractivity contribution >= 4 is 21.6 Å². The molecular weight excluding hydrogens is 466 g/mol. The Kier molecular flexibility index (Phi) is 6.65. The van der Waals surface area contributed by atoms with Gasteiger partial charge in [-0.25, -0.2) is 8.42 Å². The maximum atomic E-state index is 13.6. The van der Waals surface area contributed by atoms with Gasteiger partial charge >= 0.3 is 0 Å². The first-order chi connectivity index (χ1) is 16.9. The number of hydrogen-bond donors (Lipinski definition) is 2. The molecule has 1 heterocycles. The lowest BCUT2D eigenvalue weighted by Gasteiger charge is -2.32. The van der Waals surface area contributed by atoms with Crippen LogP contribution in [0.2, 0.25) is 0 Å². The van der Waals surface area contributed by atoms with Gasteiger partial charge in [-0.1, -0.05) is 47.6 Å². The summed E-state index contributed by atoms with van der Waals surface area (Å²) in [5.41, 5.74) is 2.41. The molecule has 1 saturated heterocycles. The number of amides is 1. The van der Waals surface area contributed by atoms with E-state index in [1.165, 1.54) is 11.4 Å². The molecule has 0 radical (unpaired) electrons. The molecule has 2 aliphatic carbocycles. The van der Waals surface area contributed by atoms with Crippen molar-refractivity contribution in [2.24, 2.45) is 22.9 Å². The summed E-state index contributed by atoms with van der Waals surface area (Å²) in [5.74, 6) is 0.450. The number of nitrogens with zero attached hydrogens (tertiary/aromatic N) is 2. The highest BCUT2D eigenvalue weighted by molar-refractivity contribution is 7.89. The molecule has 35 heavy (non-hydrogen) atoms. The lowest BCUT2D eigenvalue weighted by atomic mass is 9.85. The van der Waals surface area contributed by atoms with E-state index in [9.17, 15) is 18.3 Å². The van der Waals surface area contributed by atoms with Gasteiger partial charge in [0.05, 0.1) is 17.2 Å². The number of benzene rings is 2. The molecule has 9 heteroatoms. The molecule has 2 bridgehead atoms. The van der Waals surface area contributed by atoms with Gasteiger partial charge in [0.2, 0.25) is 15.9 Å². The van der Waals surface area contributed by atoms with Gasteiger partial charge in [-0.3, -0.25) is 4.79 Å². The molecule has 0 unspecified atom stereocenters. The first-order valence-corrected chi connectivity index (χ1v) is 13.5. The lowest BCUT2D eigenvalue weighted by Crippen LogP contribution is -2.52. The van der Waals surface area contributed by atoms with Gasteiger partial charge in [-0.2, -0.15) is 4.31 Å². The molecule has 186 valence electrons. The molecule has 5 atom stereocenters. The predicted molar refractivity (Wildman–Crippen MR) is 132 cm³/mol. The van der Waals surface area contributed by atoms with Crippen LogP contribution in [0.15, 0.2) is 64.6 Å². The summed E-state index contributed by atoms with van der Waals surface area (Å²) in [6.07, 6.45) is 3.29. The number of aliphatic hydroxyl groups is 1. The largest absolute Gasteiger partial charge is 0.399 e. The second-order valence-electron chi connectivity index (χ2n) is 9.71. The maximum absolute atomic E-state index is 13.6. The van der Waals surface area contributed by atoms with E-state index in [4.69, 9.17) is 4.84 Å². The van der Waals surface area contributed by atoms with Crippen LogP contribution in [-0.4, -0.2) is 61.8 Å². The lowest BCUT2D eigenvalue weighted by molar-refractivity contribution is -0.125. The number of hydrogen-bond acceptors (Lipinski definition) is 6. The van der Waals surface area contributed by atoms with Crippen LogP contribution in [0, 0.1) is 17.8 Å². The van der Waals surface area contributed by atoms with Crippen LogP contribution < -0.4 is 5.32 Å². The third kappa shape index (κ3) is 4.48. The number of fused-ring (bicyclic) bond motifs is 2. The topological polar surface area (TPSA) is 108 Å². The summed E-state index contributed by atoms with van der Waals surface area (Å²) in [4.78, 5) is 18.4. The quantitative estimate of drug-likeness (QED) is 0.572. The Balaban J connectivity index is 1.39. The van der Waals surface area contributed by atoms with E-state index in [-0.39, 0.29) is 42.3 Å². The van der Waals surface area contributed by atoms with Crippen LogP contribution >= 0.6 is 0 Å². The number of oxime groups is 1. The van der Waals surface area contributed by atoms with Crippen molar-refractivity contribution in [1.29, 1.82) is 0 Å². The van der Waals surface area contributed by atoms with Gasteiger partial charge in [-0.05, 0) is 54.4 Å². The van der Waals surface area contributed by atoms with E-state index >= 15 is 0 Å². The minimum atomic E-state index is -3.96. The van der Waals surface area contributed by atoms with Crippen LogP contribution in [-0.2, 0) is 19.7 Å². The van der Waals surface area contributed by atoms with E-state index in [2.05, 4.69) is 10.5 Å². The third-order valence-electron chi connectivity index (χ3n) is 7.81. The standard InChI is InChI=1S/C26H31N3O5S/c1-34-28-21-14-24(26(31)27-25-20-8-7-19(13-20)23(25)16-30)29(15-21)35(32,33)22-11-9-18(10-12-22)17-5-3-2-4-6-17/h2-6,9-12,19-20,23-25,30H,7-8,13-16H2,1H3,(H,27,31)/t19-,20+,23-,24+,25+/m1/s1. The fourth-order valence-electron chi connectivity index (χ4n) is 6.09. The first kappa shape index (κ1) is 24.0. The molecule has 3 fully saturated rings. The fourth-order valence-corrected chi connectivity index (χ4v) is 7.67. The Bertz CT molecular complexity index is 1200. The Morgan fingerprint density at radius 1 is 1.09 bits per heavy atom. The SMILES string of the molecule is CON=C1C[C@@H](C(=O)N[C@H]2[C@H]3CC[C@H](C3)[C@H]2CO)N(S(=O)(=O)c2ccc(-c3ccccc3)cc2)C1. The van der Waals surface area contributed by atoms with Gasteiger partial charge in [0, 0.05) is 25.0 Å².